The third kappa shape index (κ3) is 5.19. The Morgan fingerprint density at radius 1 is 0.397 bits per heavy atom. The van der Waals surface area contributed by atoms with Crippen LogP contribution >= 0.6 is 11.3 Å². The van der Waals surface area contributed by atoms with Crippen LogP contribution in [0.15, 0.2) is 223 Å². The van der Waals surface area contributed by atoms with Crippen molar-refractivity contribution in [2.24, 2.45) is 0 Å². The molecule has 0 N–H and O–H groups in total. The van der Waals surface area contributed by atoms with Gasteiger partial charge in [-0.05, 0) is 92.2 Å². The zero-order valence-corrected chi connectivity index (χ0v) is 37.2. The molecule has 0 amide bonds. The van der Waals surface area contributed by atoms with Gasteiger partial charge in [0, 0.05) is 48.7 Å². The number of para-hydroxylation sites is 4. The fraction of sp³-hybridized carbons (Fsp3) is 0.0159. The van der Waals surface area contributed by atoms with Crippen LogP contribution in [-0.4, -0.2) is 9.97 Å². The number of thiophene rings is 1. The molecule has 0 unspecified atom stereocenters. The van der Waals surface area contributed by atoms with Crippen molar-refractivity contribution in [1.29, 1.82) is 0 Å². The summed E-state index contributed by atoms with van der Waals surface area (Å²) in [4.78, 5) is 10.8. The lowest BCUT2D eigenvalue weighted by atomic mass is 9.66. The average Bonchev–Trinajstić information content (AvgIpc) is 4.07. The Morgan fingerprint density at radius 2 is 0.985 bits per heavy atom. The van der Waals surface area contributed by atoms with Crippen LogP contribution in [0.25, 0.3) is 109 Å². The summed E-state index contributed by atoms with van der Waals surface area (Å²) >= 11 is 1.74. The minimum Gasteiger partial charge on any atom is -0.457 e. The lowest BCUT2D eigenvalue weighted by molar-refractivity contribution is 0.436. The predicted molar refractivity (Wildman–Crippen MR) is 279 cm³/mol. The minimum absolute atomic E-state index is 0.619. The summed E-state index contributed by atoms with van der Waals surface area (Å²) in [6, 6.07) is 78.2. The van der Waals surface area contributed by atoms with E-state index in [0.29, 0.717) is 5.82 Å². The van der Waals surface area contributed by atoms with E-state index in [-0.39, 0.29) is 0 Å². The molecule has 1 aliphatic carbocycles. The molecule has 0 saturated carbocycles. The first-order valence-corrected chi connectivity index (χ1v) is 23.9. The van der Waals surface area contributed by atoms with E-state index in [2.05, 4.69) is 212 Å². The zero-order valence-electron chi connectivity index (χ0n) is 36.4. The number of hydrogen-bond donors (Lipinski definition) is 0. The third-order valence-electron chi connectivity index (χ3n) is 14.3. The Bertz CT molecular complexity index is 4210. The molecule has 5 heteroatoms. The third-order valence-corrected chi connectivity index (χ3v) is 15.5. The fourth-order valence-corrected chi connectivity index (χ4v) is 12.6. The van der Waals surface area contributed by atoms with Crippen LogP contribution in [0, 0.1) is 0 Å². The monoisotopic (exact) mass is 884 g/mol. The fourth-order valence-electron chi connectivity index (χ4n) is 11.4. The molecule has 1 aliphatic heterocycles. The first kappa shape index (κ1) is 37.6. The molecule has 0 bridgehead atoms. The Kier molecular flexibility index (Phi) is 7.83. The standard InChI is InChI=1S/C63H36N2O2S/c1-2-16-37(17-3-1)38-20-12-21-41(34-38)62-64-57-46-22-6-11-33-55(46)68-61(57)58(65-62)47-27-14-26-45-44-25-13-24-43(59(44)67-60(45)47)42-23-15-30-51-56(42)48-35-39-18-4-5-19-40(39)36-52(48)63(51)49-28-7-9-31-53(49)66-54-32-10-8-29-50(54)63/h1-36H. The molecule has 13 aromatic rings. The highest BCUT2D eigenvalue weighted by Crippen LogP contribution is 2.64. The number of nitrogens with zero attached hydrogens (tertiary/aromatic N) is 2. The largest absolute Gasteiger partial charge is 0.457 e. The van der Waals surface area contributed by atoms with Crippen LogP contribution < -0.4 is 4.74 Å². The first-order valence-electron chi connectivity index (χ1n) is 23.0. The van der Waals surface area contributed by atoms with E-state index >= 15 is 0 Å². The van der Waals surface area contributed by atoms with E-state index in [1.165, 1.54) is 37.7 Å². The van der Waals surface area contributed by atoms with E-state index in [1.54, 1.807) is 11.3 Å². The maximum absolute atomic E-state index is 7.36. The van der Waals surface area contributed by atoms with E-state index < -0.39 is 5.41 Å². The normalized spacial score (nSPS) is 13.2. The highest BCUT2D eigenvalue weighted by Gasteiger charge is 2.52. The van der Waals surface area contributed by atoms with E-state index in [1.807, 2.05) is 6.07 Å². The van der Waals surface area contributed by atoms with Gasteiger partial charge < -0.3 is 9.15 Å². The van der Waals surface area contributed by atoms with Crippen molar-refractivity contribution in [2.45, 2.75) is 5.41 Å². The van der Waals surface area contributed by atoms with Crippen LogP contribution in [0.1, 0.15) is 22.3 Å². The molecule has 15 rings (SSSR count). The van der Waals surface area contributed by atoms with Gasteiger partial charge in [0.05, 0.1) is 21.3 Å². The Labute approximate surface area is 395 Å². The second-order valence-electron chi connectivity index (χ2n) is 17.9. The molecule has 0 radical (unpaired) electrons. The van der Waals surface area contributed by atoms with Crippen molar-refractivity contribution in [3.63, 3.8) is 0 Å². The molecular formula is C63H36N2O2S. The maximum Gasteiger partial charge on any atom is 0.160 e. The molecule has 10 aromatic carbocycles. The van der Waals surface area contributed by atoms with Crippen molar-refractivity contribution in [3.8, 4) is 67.5 Å². The van der Waals surface area contributed by atoms with Crippen molar-refractivity contribution in [3.05, 3.63) is 241 Å². The van der Waals surface area contributed by atoms with Gasteiger partial charge in [0.15, 0.2) is 5.82 Å². The second-order valence-corrected chi connectivity index (χ2v) is 19.0. The number of ether oxygens (including phenoxy) is 1. The second kappa shape index (κ2) is 14.2. The number of rotatable bonds is 4. The number of benzene rings is 10. The zero-order chi connectivity index (χ0) is 44.5. The predicted octanol–water partition coefficient (Wildman–Crippen LogP) is 17.0. The summed E-state index contributed by atoms with van der Waals surface area (Å²) in [5, 5.41) is 5.63. The van der Waals surface area contributed by atoms with Gasteiger partial charge in [-0.15, -0.1) is 11.3 Å². The highest BCUT2D eigenvalue weighted by molar-refractivity contribution is 7.26. The molecule has 0 atom stereocenters. The summed E-state index contributed by atoms with van der Waals surface area (Å²) in [7, 11) is 0. The molecule has 316 valence electrons. The van der Waals surface area contributed by atoms with Gasteiger partial charge in [0.1, 0.15) is 22.7 Å². The van der Waals surface area contributed by atoms with E-state index in [4.69, 9.17) is 19.1 Å². The summed E-state index contributed by atoms with van der Waals surface area (Å²) in [6.07, 6.45) is 0. The summed E-state index contributed by atoms with van der Waals surface area (Å²) < 4.78 is 16.3. The Morgan fingerprint density at radius 3 is 1.79 bits per heavy atom. The van der Waals surface area contributed by atoms with Crippen molar-refractivity contribution in [1.82, 2.24) is 9.97 Å². The van der Waals surface area contributed by atoms with Crippen LogP contribution in [0.4, 0.5) is 0 Å². The first-order chi connectivity index (χ1) is 33.7. The summed E-state index contributed by atoms with van der Waals surface area (Å²) in [6.45, 7) is 0. The van der Waals surface area contributed by atoms with Gasteiger partial charge in [-0.25, -0.2) is 9.97 Å². The molecule has 4 heterocycles. The molecular weight excluding hydrogens is 849 g/mol. The van der Waals surface area contributed by atoms with Crippen molar-refractivity contribution in [2.75, 3.05) is 0 Å². The SMILES string of the molecule is c1ccc(-c2cccc(-c3nc(-c4cccc5c4oc4c(-c6cccc7c6-c6cc8ccccc8cc6C76c7ccccc7Oc7ccccc76)cccc45)c4sc5ccccc5c4n3)c2)cc1. The van der Waals surface area contributed by atoms with Crippen LogP contribution in [0.5, 0.6) is 11.5 Å². The van der Waals surface area contributed by atoms with E-state index in [9.17, 15) is 0 Å². The highest BCUT2D eigenvalue weighted by atomic mass is 32.1. The molecule has 0 fully saturated rings. The number of furan rings is 1. The Hall–Kier alpha value is -8.64. The quantitative estimate of drug-likeness (QED) is 0.177. The molecule has 0 saturated heterocycles. The van der Waals surface area contributed by atoms with Gasteiger partial charge in [-0.2, -0.15) is 0 Å². The smallest absolute Gasteiger partial charge is 0.160 e. The van der Waals surface area contributed by atoms with Crippen molar-refractivity contribution >= 4 is 64.4 Å². The molecule has 1 spiro atoms. The van der Waals surface area contributed by atoms with Crippen LogP contribution in [-0.2, 0) is 5.41 Å². The lowest BCUT2D eigenvalue weighted by Gasteiger charge is -2.39. The molecule has 3 aromatic heterocycles. The number of hydrogen-bond acceptors (Lipinski definition) is 5. The van der Waals surface area contributed by atoms with Crippen molar-refractivity contribution < 1.29 is 9.15 Å². The van der Waals surface area contributed by atoms with Gasteiger partial charge in [0.25, 0.3) is 0 Å². The molecule has 68 heavy (non-hydrogen) atoms. The van der Waals surface area contributed by atoms with Crippen LogP contribution in [0.3, 0.4) is 0 Å². The molecule has 4 nitrogen and oxygen atoms in total. The topological polar surface area (TPSA) is 48.2 Å². The average molecular weight is 885 g/mol. The maximum atomic E-state index is 7.36. The summed E-state index contributed by atoms with van der Waals surface area (Å²) in [5.74, 6) is 2.43. The molecule has 2 aliphatic rings. The van der Waals surface area contributed by atoms with Gasteiger partial charge >= 0.3 is 0 Å². The lowest BCUT2D eigenvalue weighted by Crippen LogP contribution is -2.32. The number of fused-ring (bicyclic) bond motifs is 16. The number of aromatic nitrogens is 2. The van der Waals surface area contributed by atoms with Gasteiger partial charge in [-0.3, -0.25) is 0 Å². The minimum atomic E-state index is -0.619. The summed E-state index contributed by atoms with van der Waals surface area (Å²) in [5.41, 5.74) is 16.4. The van der Waals surface area contributed by atoms with E-state index in [0.717, 1.165) is 99.2 Å². The van der Waals surface area contributed by atoms with Gasteiger partial charge in [0.2, 0.25) is 0 Å². The van der Waals surface area contributed by atoms with Crippen LogP contribution in [0.2, 0.25) is 0 Å². The Balaban J connectivity index is 0.985. The van der Waals surface area contributed by atoms with Gasteiger partial charge in [-0.1, -0.05) is 176 Å².